The average Bonchev–Trinajstić information content (AvgIpc) is 3.68. The third-order valence-corrected chi connectivity index (χ3v) is 14.9. The first-order chi connectivity index (χ1) is 30.6. The first-order valence-electron chi connectivity index (χ1n) is 22.6. The van der Waals surface area contributed by atoms with E-state index in [0.29, 0.717) is 0 Å². The van der Waals surface area contributed by atoms with Gasteiger partial charge in [0.15, 0.2) is 5.58 Å². The molecule has 3 nitrogen and oxygen atoms in total. The van der Waals surface area contributed by atoms with Crippen molar-refractivity contribution in [3.05, 3.63) is 187 Å². The molecule has 0 saturated carbocycles. The highest BCUT2D eigenvalue weighted by Crippen LogP contribution is 2.54. The molecule has 13 rings (SSSR count). The quantitative estimate of drug-likeness (QED) is 0.166. The number of rotatable bonds is 3. The molecule has 0 fully saturated rings. The van der Waals surface area contributed by atoms with Gasteiger partial charge in [-0.2, -0.15) is 0 Å². The molecule has 0 unspecified atom stereocenters. The predicted octanol–water partition coefficient (Wildman–Crippen LogP) is 14.9. The van der Waals surface area contributed by atoms with Crippen LogP contribution < -0.4 is 20.6 Å². The minimum atomic E-state index is -0.159. The summed E-state index contributed by atoms with van der Waals surface area (Å²) in [4.78, 5) is 5.24. The molecule has 0 spiro atoms. The number of hydrogen-bond donors (Lipinski definition) is 0. The van der Waals surface area contributed by atoms with Crippen molar-refractivity contribution < 1.29 is 4.42 Å². The van der Waals surface area contributed by atoms with Gasteiger partial charge in [-0.1, -0.05) is 149 Å². The number of para-hydroxylation sites is 1. The van der Waals surface area contributed by atoms with Gasteiger partial charge in [-0.25, -0.2) is 0 Å². The first-order valence-corrected chi connectivity index (χ1v) is 22.6. The molecule has 302 valence electrons. The van der Waals surface area contributed by atoms with Gasteiger partial charge in [-0.05, 0) is 145 Å². The number of aryl methyl sites for hydroxylation is 1. The Morgan fingerprint density at radius 2 is 1.10 bits per heavy atom. The van der Waals surface area contributed by atoms with Gasteiger partial charge in [-0.15, -0.1) is 0 Å². The van der Waals surface area contributed by atoms with Crippen molar-refractivity contribution in [2.45, 2.75) is 58.3 Å². The molecular formula is C59H47BN2O. The van der Waals surface area contributed by atoms with Crippen LogP contribution in [0.5, 0.6) is 0 Å². The van der Waals surface area contributed by atoms with Crippen molar-refractivity contribution >= 4 is 89.7 Å². The molecule has 0 bridgehead atoms. The van der Waals surface area contributed by atoms with Crippen LogP contribution in [0.1, 0.15) is 57.2 Å². The fourth-order valence-electron chi connectivity index (χ4n) is 11.5. The van der Waals surface area contributed by atoms with E-state index in [1.807, 2.05) is 0 Å². The summed E-state index contributed by atoms with van der Waals surface area (Å²) in [5, 5.41) is 7.20. The summed E-state index contributed by atoms with van der Waals surface area (Å²) in [5.41, 5.74) is 19.5. The van der Waals surface area contributed by atoms with E-state index in [1.165, 1.54) is 94.9 Å². The molecule has 3 aliphatic rings. The lowest BCUT2D eigenvalue weighted by atomic mass is 9.43. The summed E-state index contributed by atoms with van der Waals surface area (Å²) >= 11 is 0. The van der Waals surface area contributed by atoms with Gasteiger partial charge < -0.3 is 14.1 Å². The summed E-state index contributed by atoms with van der Waals surface area (Å²) in [7, 11) is 0. The van der Waals surface area contributed by atoms with E-state index in [-0.39, 0.29) is 17.7 Å². The fourth-order valence-corrected chi connectivity index (χ4v) is 11.5. The largest absolute Gasteiger partial charge is 0.454 e. The fraction of sp³-hybridized carbons (Fsp3) is 0.153. The summed E-state index contributed by atoms with van der Waals surface area (Å²) in [6, 6.07) is 63.6. The van der Waals surface area contributed by atoms with Crippen LogP contribution in [0.25, 0.3) is 65.7 Å². The summed E-state index contributed by atoms with van der Waals surface area (Å²) in [5.74, 6) is 0. The second-order valence-electron chi connectivity index (χ2n) is 19.6. The van der Waals surface area contributed by atoms with E-state index < -0.39 is 0 Å². The van der Waals surface area contributed by atoms with Crippen molar-refractivity contribution in [2.75, 3.05) is 9.71 Å². The normalized spacial score (nSPS) is 15.7. The number of hydrogen-bond acceptors (Lipinski definition) is 3. The third-order valence-electron chi connectivity index (χ3n) is 14.9. The molecule has 4 heteroatoms. The van der Waals surface area contributed by atoms with E-state index in [1.54, 1.807) is 0 Å². The maximum Gasteiger partial charge on any atom is 0.333 e. The second-order valence-corrected chi connectivity index (χ2v) is 19.6. The number of furan rings is 1. The molecule has 1 aromatic heterocycles. The van der Waals surface area contributed by atoms with Crippen LogP contribution in [0, 0.1) is 6.92 Å². The van der Waals surface area contributed by atoms with E-state index >= 15 is 0 Å². The van der Waals surface area contributed by atoms with E-state index in [4.69, 9.17) is 4.42 Å². The zero-order valence-corrected chi connectivity index (χ0v) is 36.5. The number of anilines is 5. The number of benzene rings is 9. The Morgan fingerprint density at radius 3 is 1.81 bits per heavy atom. The lowest BCUT2D eigenvalue weighted by Crippen LogP contribution is -2.61. The highest BCUT2D eigenvalue weighted by Gasteiger charge is 2.48. The molecule has 0 radical (unpaired) electrons. The zero-order chi connectivity index (χ0) is 42.4. The number of fused-ring (bicyclic) bond motifs is 11. The van der Waals surface area contributed by atoms with Crippen LogP contribution in [0.3, 0.4) is 0 Å². The molecular weight excluding hydrogens is 763 g/mol. The minimum absolute atomic E-state index is 0.0331. The molecule has 0 saturated heterocycles. The highest BCUT2D eigenvalue weighted by molar-refractivity contribution is 6.94. The molecule has 0 N–H and O–H groups in total. The summed E-state index contributed by atoms with van der Waals surface area (Å²) in [6.45, 7) is 11.9. The van der Waals surface area contributed by atoms with E-state index in [9.17, 15) is 0 Å². The van der Waals surface area contributed by atoms with Crippen LogP contribution in [0.4, 0.5) is 28.4 Å². The van der Waals surface area contributed by atoms with Gasteiger partial charge in [0.1, 0.15) is 5.58 Å². The van der Waals surface area contributed by atoms with Crippen molar-refractivity contribution in [3.8, 4) is 22.3 Å². The Hall–Kier alpha value is -7.04. The van der Waals surface area contributed by atoms with Gasteiger partial charge in [0.2, 0.25) is 0 Å². The topological polar surface area (TPSA) is 19.6 Å². The van der Waals surface area contributed by atoms with Gasteiger partial charge in [-0.3, -0.25) is 0 Å². The maximum absolute atomic E-state index is 7.21. The van der Waals surface area contributed by atoms with Crippen LogP contribution >= 0.6 is 0 Å². The van der Waals surface area contributed by atoms with E-state index in [2.05, 4.69) is 214 Å². The standard InChI is InChI=1S/C59H47BN2O/c1-36-29-48-49(59(4,5)28-27-58(48,2)3)35-51(36)61-53-33-42-20-12-10-18-40(42)31-50(53)60-55-46(34-47-44-21-13-14-22-54(44)63-57(47)56(55)61)45-30-39-17-9-11-19-41(39)32-52(45)62(60)43-25-23-38(24-26-43)37-15-7-6-8-16-37/h6-26,29-35H,27-28H2,1-5H3. The van der Waals surface area contributed by atoms with Gasteiger partial charge in [0, 0.05) is 39.1 Å². The molecule has 3 heterocycles. The molecule has 63 heavy (non-hydrogen) atoms. The van der Waals surface area contributed by atoms with Crippen molar-refractivity contribution in [1.82, 2.24) is 0 Å². The summed E-state index contributed by atoms with van der Waals surface area (Å²) in [6.07, 6.45) is 2.32. The lowest BCUT2D eigenvalue weighted by molar-refractivity contribution is 0.332. The molecule has 9 aromatic carbocycles. The van der Waals surface area contributed by atoms with Crippen molar-refractivity contribution in [2.24, 2.45) is 0 Å². The third kappa shape index (κ3) is 5.28. The SMILES string of the molecule is Cc1cc2c(cc1N1c3cc4ccccc4cc3B3c4c(cc5c(oc6ccccc65)c41)-c1cc4ccccc4cc1N3c1ccc(-c3ccccc3)cc1)C(C)(C)CCC2(C)C. The van der Waals surface area contributed by atoms with Crippen molar-refractivity contribution in [1.29, 1.82) is 0 Å². The molecule has 10 aromatic rings. The Kier molecular flexibility index (Phi) is 7.55. The Bertz CT molecular complexity index is 3540. The molecule has 0 atom stereocenters. The summed E-state index contributed by atoms with van der Waals surface area (Å²) < 4.78 is 7.21. The number of nitrogens with zero attached hydrogens (tertiary/aromatic N) is 2. The lowest BCUT2D eigenvalue weighted by Gasteiger charge is -2.47. The Morgan fingerprint density at radius 1 is 0.508 bits per heavy atom. The Labute approximate surface area is 369 Å². The predicted molar refractivity (Wildman–Crippen MR) is 268 cm³/mol. The van der Waals surface area contributed by atoms with Crippen LogP contribution in [0.2, 0.25) is 0 Å². The molecule has 0 amide bonds. The van der Waals surface area contributed by atoms with Crippen LogP contribution in [-0.4, -0.2) is 6.85 Å². The van der Waals surface area contributed by atoms with Crippen molar-refractivity contribution in [3.63, 3.8) is 0 Å². The highest BCUT2D eigenvalue weighted by atomic mass is 16.3. The van der Waals surface area contributed by atoms with Crippen LogP contribution in [0.15, 0.2) is 174 Å². The first kappa shape index (κ1) is 36.6. The van der Waals surface area contributed by atoms with Crippen LogP contribution in [-0.2, 0) is 10.8 Å². The minimum Gasteiger partial charge on any atom is -0.454 e. The maximum atomic E-state index is 7.21. The van der Waals surface area contributed by atoms with E-state index in [0.717, 1.165) is 39.7 Å². The van der Waals surface area contributed by atoms with Gasteiger partial charge in [0.25, 0.3) is 0 Å². The Balaban J connectivity index is 1.19. The van der Waals surface area contributed by atoms with Gasteiger partial charge in [0.05, 0.1) is 5.69 Å². The molecule has 1 aliphatic carbocycles. The zero-order valence-electron chi connectivity index (χ0n) is 36.5. The average molecular weight is 811 g/mol. The second kappa shape index (κ2) is 13.0. The molecule has 2 aliphatic heterocycles. The van der Waals surface area contributed by atoms with Gasteiger partial charge >= 0.3 is 6.85 Å². The smallest absolute Gasteiger partial charge is 0.333 e. The monoisotopic (exact) mass is 810 g/mol.